The third-order valence-electron chi connectivity index (χ3n) is 5.54. The fraction of sp³-hybridized carbons (Fsp3) is 0.526. The maximum absolute atomic E-state index is 13.4. The summed E-state index contributed by atoms with van der Waals surface area (Å²) < 4.78 is 45.3. The second-order valence-corrected chi connectivity index (χ2v) is 7.20. The lowest BCUT2D eigenvalue weighted by Crippen LogP contribution is -2.54. The van der Waals surface area contributed by atoms with E-state index in [4.69, 9.17) is 4.74 Å². The van der Waals surface area contributed by atoms with Crippen LogP contribution in [0.1, 0.15) is 35.2 Å². The number of amides is 2. The van der Waals surface area contributed by atoms with Crippen LogP contribution in [0.3, 0.4) is 0 Å². The quantitative estimate of drug-likeness (QED) is 0.772. The minimum Gasteiger partial charge on any atom is -0.496 e. The lowest BCUT2D eigenvalue weighted by atomic mass is 10.0. The van der Waals surface area contributed by atoms with Gasteiger partial charge in [-0.1, -0.05) is 6.07 Å². The minimum atomic E-state index is -4.64. The molecule has 2 amide bonds. The number of carbonyl (C=O) groups excluding carboxylic acids is 3. The van der Waals surface area contributed by atoms with Crippen LogP contribution in [-0.2, 0) is 9.59 Å². The number of alkyl halides is 3. The van der Waals surface area contributed by atoms with Crippen molar-refractivity contribution in [2.75, 3.05) is 13.7 Å². The number of likely N-dealkylation sites (tertiary alicyclic amines) is 1. The fourth-order valence-electron chi connectivity index (χ4n) is 3.88. The van der Waals surface area contributed by atoms with E-state index < -0.39 is 41.9 Å². The van der Waals surface area contributed by atoms with Crippen molar-refractivity contribution in [2.24, 2.45) is 5.92 Å². The van der Waals surface area contributed by atoms with Crippen LogP contribution < -0.4 is 10.1 Å². The number of methoxy groups -OCH3 is 1. The van der Waals surface area contributed by atoms with Crippen LogP contribution in [0.4, 0.5) is 13.2 Å². The Morgan fingerprint density at radius 3 is 2.64 bits per heavy atom. The molecule has 9 heteroatoms. The van der Waals surface area contributed by atoms with Gasteiger partial charge >= 0.3 is 6.18 Å². The monoisotopic (exact) mass is 398 g/mol. The molecule has 152 valence electrons. The zero-order valence-electron chi connectivity index (χ0n) is 15.5. The second-order valence-electron chi connectivity index (χ2n) is 7.20. The van der Waals surface area contributed by atoms with Crippen LogP contribution in [-0.4, -0.2) is 54.4 Å². The molecule has 0 radical (unpaired) electrons. The zero-order valence-corrected chi connectivity index (χ0v) is 15.5. The molecular weight excluding hydrogens is 377 g/mol. The highest BCUT2D eigenvalue weighted by molar-refractivity contribution is 6.02. The van der Waals surface area contributed by atoms with Gasteiger partial charge in [-0.3, -0.25) is 9.59 Å². The van der Waals surface area contributed by atoms with E-state index >= 15 is 0 Å². The molecule has 1 aromatic rings. The molecule has 3 atom stereocenters. The van der Waals surface area contributed by atoms with Gasteiger partial charge in [0.05, 0.1) is 19.1 Å². The van der Waals surface area contributed by atoms with E-state index in [0.717, 1.165) is 4.90 Å². The van der Waals surface area contributed by atoms with Crippen molar-refractivity contribution in [3.8, 4) is 5.75 Å². The summed E-state index contributed by atoms with van der Waals surface area (Å²) in [5, 5.41) is 2.33. The molecule has 1 aliphatic heterocycles. The van der Waals surface area contributed by atoms with E-state index in [9.17, 15) is 27.6 Å². The molecule has 1 N–H and O–H groups in total. The van der Waals surface area contributed by atoms with Crippen molar-refractivity contribution in [1.29, 1.82) is 0 Å². The maximum atomic E-state index is 13.4. The highest BCUT2D eigenvalue weighted by atomic mass is 19.4. The molecule has 1 aromatic carbocycles. The number of nitrogens with zero attached hydrogens (tertiary/aromatic N) is 1. The van der Waals surface area contributed by atoms with Crippen LogP contribution in [0.25, 0.3) is 0 Å². The molecule has 3 rings (SSSR count). The van der Waals surface area contributed by atoms with Crippen molar-refractivity contribution in [1.82, 2.24) is 10.2 Å². The number of halogens is 3. The molecule has 1 heterocycles. The third kappa shape index (κ3) is 3.33. The smallest absolute Gasteiger partial charge is 0.394 e. The lowest BCUT2D eigenvalue weighted by molar-refractivity contribution is -0.160. The first-order chi connectivity index (χ1) is 13.2. The number of aldehydes is 1. The van der Waals surface area contributed by atoms with E-state index in [2.05, 4.69) is 5.32 Å². The number of benzene rings is 1. The Hall–Kier alpha value is -2.58. The van der Waals surface area contributed by atoms with Gasteiger partial charge in [0.15, 0.2) is 0 Å². The normalized spacial score (nSPS) is 26.7. The summed E-state index contributed by atoms with van der Waals surface area (Å²) in [6, 6.07) is 3.88. The molecule has 1 saturated carbocycles. The van der Waals surface area contributed by atoms with Crippen LogP contribution in [0.2, 0.25) is 0 Å². The Morgan fingerprint density at radius 1 is 1.36 bits per heavy atom. The third-order valence-corrected chi connectivity index (χ3v) is 5.54. The summed E-state index contributed by atoms with van der Waals surface area (Å²) in [7, 11) is 1.42. The van der Waals surface area contributed by atoms with Gasteiger partial charge in [-0.05, 0) is 38.3 Å². The largest absolute Gasteiger partial charge is 0.496 e. The standard InChI is InChI=1S/C19H21F3N2O4/c1-11-13(6-3-7-14(11)28-2)16(26)23-18(9-15(18)19(20,21)22)17(27)24-8-4-5-12(24)10-25/h3,6-7,10,12,15H,4-5,8-9H2,1-2H3,(H,23,26)/t12-,15?,18+/m0/s1. The Bertz CT molecular complexity index is 811. The first kappa shape index (κ1) is 20.2. The highest BCUT2D eigenvalue weighted by Gasteiger charge is 2.73. The van der Waals surface area contributed by atoms with E-state index in [-0.39, 0.29) is 12.1 Å². The number of ether oxygens (including phenoxy) is 1. The average Bonchev–Trinajstić information content (AvgIpc) is 3.20. The molecule has 28 heavy (non-hydrogen) atoms. The lowest BCUT2D eigenvalue weighted by Gasteiger charge is -2.28. The minimum absolute atomic E-state index is 0.132. The molecule has 0 bridgehead atoms. The summed E-state index contributed by atoms with van der Waals surface area (Å²) in [5.74, 6) is -3.19. The van der Waals surface area contributed by atoms with Crippen molar-refractivity contribution in [2.45, 2.75) is 43.9 Å². The van der Waals surface area contributed by atoms with Gasteiger partial charge in [0.1, 0.15) is 17.6 Å². The van der Waals surface area contributed by atoms with Crippen molar-refractivity contribution in [3.63, 3.8) is 0 Å². The Balaban J connectivity index is 1.91. The average molecular weight is 398 g/mol. The summed E-state index contributed by atoms with van der Waals surface area (Å²) >= 11 is 0. The van der Waals surface area contributed by atoms with Gasteiger partial charge in [0, 0.05) is 17.7 Å². The molecule has 1 unspecified atom stereocenters. The van der Waals surface area contributed by atoms with Crippen LogP contribution in [0.15, 0.2) is 18.2 Å². The SMILES string of the molecule is COc1cccc(C(=O)N[C@]2(C(=O)N3CCC[C@H]3C=O)CC2C(F)(F)F)c1C. The molecule has 6 nitrogen and oxygen atoms in total. The predicted octanol–water partition coefficient (Wildman–Crippen LogP) is 2.24. The Kier molecular flexibility index (Phi) is 5.12. The molecule has 0 spiro atoms. The van der Waals surface area contributed by atoms with Gasteiger partial charge in [-0.2, -0.15) is 13.2 Å². The summed E-state index contributed by atoms with van der Waals surface area (Å²) in [6.45, 7) is 1.81. The summed E-state index contributed by atoms with van der Waals surface area (Å²) in [4.78, 5) is 38.1. The maximum Gasteiger partial charge on any atom is 0.394 e. The van der Waals surface area contributed by atoms with Gasteiger partial charge in [-0.15, -0.1) is 0 Å². The Morgan fingerprint density at radius 2 is 2.07 bits per heavy atom. The van der Waals surface area contributed by atoms with E-state index in [1.54, 1.807) is 19.1 Å². The van der Waals surface area contributed by atoms with Gasteiger partial charge < -0.3 is 19.7 Å². The van der Waals surface area contributed by atoms with Gasteiger partial charge in [-0.25, -0.2) is 0 Å². The fourth-order valence-corrected chi connectivity index (χ4v) is 3.88. The molecule has 2 fully saturated rings. The van der Waals surface area contributed by atoms with E-state index in [1.165, 1.54) is 13.2 Å². The van der Waals surface area contributed by atoms with Gasteiger partial charge in [0.2, 0.25) is 5.91 Å². The van der Waals surface area contributed by atoms with E-state index in [1.807, 2.05) is 0 Å². The summed E-state index contributed by atoms with van der Waals surface area (Å²) in [5.41, 5.74) is -1.48. The van der Waals surface area contributed by atoms with Crippen LogP contribution in [0, 0.1) is 12.8 Å². The zero-order chi connectivity index (χ0) is 20.7. The molecule has 1 aliphatic carbocycles. The van der Waals surface area contributed by atoms with Crippen molar-refractivity contribution >= 4 is 18.1 Å². The van der Waals surface area contributed by atoms with E-state index in [0.29, 0.717) is 30.4 Å². The number of rotatable bonds is 5. The topological polar surface area (TPSA) is 75.7 Å². The first-order valence-corrected chi connectivity index (χ1v) is 8.95. The van der Waals surface area contributed by atoms with Crippen molar-refractivity contribution < 1.29 is 32.3 Å². The number of hydrogen-bond donors (Lipinski definition) is 1. The number of hydrogen-bond acceptors (Lipinski definition) is 4. The Labute approximate surface area is 160 Å². The molecular formula is C19H21F3N2O4. The highest BCUT2D eigenvalue weighted by Crippen LogP contribution is 2.55. The predicted molar refractivity (Wildman–Crippen MR) is 92.9 cm³/mol. The molecule has 2 aliphatic rings. The first-order valence-electron chi connectivity index (χ1n) is 8.95. The second kappa shape index (κ2) is 7.10. The summed E-state index contributed by atoms with van der Waals surface area (Å²) in [6.07, 6.45) is -3.66. The number of carbonyl (C=O) groups is 3. The van der Waals surface area contributed by atoms with Crippen LogP contribution in [0.5, 0.6) is 5.75 Å². The van der Waals surface area contributed by atoms with Crippen molar-refractivity contribution in [3.05, 3.63) is 29.3 Å². The molecule has 0 aromatic heterocycles. The van der Waals surface area contributed by atoms with Crippen LogP contribution >= 0.6 is 0 Å². The molecule has 1 saturated heterocycles. The van der Waals surface area contributed by atoms with Gasteiger partial charge in [0.25, 0.3) is 5.91 Å². The number of nitrogens with one attached hydrogen (secondary N) is 1.